The van der Waals surface area contributed by atoms with Crippen molar-refractivity contribution in [3.8, 4) is 11.3 Å². The van der Waals surface area contributed by atoms with Crippen molar-refractivity contribution in [2.75, 3.05) is 0 Å². The van der Waals surface area contributed by atoms with E-state index in [9.17, 15) is 13.6 Å². The molecule has 0 aliphatic rings. The van der Waals surface area contributed by atoms with Crippen LogP contribution in [0.5, 0.6) is 0 Å². The van der Waals surface area contributed by atoms with Gasteiger partial charge in [-0.1, -0.05) is 29.8 Å². The number of carboxylic acid groups (broad SMARTS) is 1. The van der Waals surface area contributed by atoms with Crippen LogP contribution in [0.15, 0.2) is 54.9 Å². The number of rotatable bonds is 2. The van der Waals surface area contributed by atoms with Gasteiger partial charge in [0.15, 0.2) is 5.69 Å². The standard InChI is InChI=1S/C11H6F2N.C7H7NO2.Ir/c12-8-4-5-9(10(13)7-8)11-3-1-2-6-14-11;1-5-3-2-4-8-6(5)7(9)10;/h1-4,6-7H;2-4H,1H3,(H,9,10);/q-1;;. The van der Waals surface area contributed by atoms with Crippen molar-refractivity contribution in [3.05, 3.63) is 83.8 Å². The second-order valence-corrected chi connectivity index (χ2v) is 4.73. The molecule has 7 heteroatoms. The molecule has 0 amide bonds. The molecule has 4 nitrogen and oxygen atoms in total. The summed E-state index contributed by atoms with van der Waals surface area (Å²) in [5.74, 6) is -2.26. The summed E-state index contributed by atoms with van der Waals surface area (Å²) >= 11 is 0. The normalized spacial score (nSPS) is 9.40. The zero-order valence-corrected chi connectivity index (χ0v) is 15.4. The molecule has 0 aliphatic carbocycles. The fourth-order valence-electron chi connectivity index (χ4n) is 1.86. The number of carboxylic acids is 1. The van der Waals surface area contributed by atoms with Crippen molar-refractivity contribution in [2.24, 2.45) is 0 Å². The number of halogens is 2. The van der Waals surface area contributed by atoms with E-state index in [0.717, 1.165) is 12.1 Å². The van der Waals surface area contributed by atoms with Crippen LogP contribution in [0.3, 0.4) is 0 Å². The van der Waals surface area contributed by atoms with Crippen molar-refractivity contribution in [3.63, 3.8) is 0 Å². The maximum absolute atomic E-state index is 13.2. The van der Waals surface area contributed by atoms with E-state index in [1.807, 2.05) is 0 Å². The summed E-state index contributed by atoms with van der Waals surface area (Å²) in [6.45, 7) is 1.72. The van der Waals surface area contributed by atoms with Gasteiger partial charge < -0.3 is 10.1 Å². The molecule has 1 aromatic carbocycles. The molecule has 25 heavy (non-hydrogen) atoms. The zero-order chi connectivity index (χ0) is 17.5. The minimum atomic E-state index is -0.974. The van der Waals surface area contributed by atoms with Crippen molar-refractivity contribution in [1.29, 1.82) is 0 Å². The Labute approximate surface area is 156 Å². The van der Waals surface area contributed by atoms with Crippen molar-refractivity contribution in [1.82, 2.24) is 9.97 Å². The Morgan fingerprint density at radius 1 is 1.12 bits per heavy atom. The van der Waals surface area contributed by atoms with Crippen LogP contribution >= 0.6 is 0 Å². The van der Waals surface area contributed by atoms with Crippen LogP contribution in [0.1, 0.15) is 16.1 Å². The molecule has 0 spiro atoms. The Hall–Kier alpha value is -2.50. The number of aromatic nitrogens is 2. The summed E-state index contributed by atoms with van der Waals surface area (Å²) in [4.78, 5) is 18.0. The van der Waals surface area contributed by atoms with Gasteiger partial charge in [0, 0.05) is 44.1 Å². The van der Waals surface area contributed by atoms with Gasteiger partial charge in [0.05, 0.1) is 0 Å². The summed E-state index contributed by atoms with van der Waals surface area (Å²) in [5.41, 5.74) is 1.45. The predicted molar refractivity (Wildman–Crippen MR) is 84.4 cm³/mol. The molecule has 2 heterocycles. The van der Waals surface area contributed by atoms with E-state index in [1.165, 1.54) is 6.20 Å². The van der Waals surface area contributed by atoms with E-state index in [-0.39, 0.29) is 31.4 Å². The number of pyridine rings is 2. The molecule has 1 N–H and O–H groups in total. The molecule has 0 atom stereocenters. The first-order valence-corrected chi connectivity index (χ1v) is 6.92. The molecule has 3 rings (SSSR count). The fraction of sp³-hybridized carbons (Fsp3) is 0.0556. The first-order chi connectivity index (χ1) is 11.5. The third-order valence-corrected chi connectivity index (χ3v) is 2.99. The van der Waals surface area contributed by atoms with Gasteiger partial charge >= 0.3 is 5.97 Å². The molecule has 0 fully saturated rings. The van der Waals surface area contributed by atoms with Gasteiger partial charge in [-0.2, -0.15) is 0 Å². The summed E-state index contributed by atoms with van der Waals surface area (Å²) in [6.07, 6.45) is 3.02. The molecule has 0 saturated carbocycles. The average molecular weight is 520 g/mol. The number of carbonyl (C=O) groups is 1. The van der Waals surface area contributed by atoms with E-state index in [4.69, 9.17) is 5.11 Å². The largest absolute Gasteiger partial charge is 0.477 e. The average Bonchev–Trinajstić information content (AvgIpc) is 2.56. The SMILES string of the molecule is Cc1cccnc1C(=O)O.Fc1c[c-]c(-c2ccccn2)c(F)c1.[Ir]. The van der Waals surface area contributed by atoms with Gasteiger partial charge in [0.25, 0.3) is 0 Å². The summed E-state index contributed by atoms with van der Waals surface area (Å²) in [6, 6.07) is 13.0. The van der Waals surface area contributed by atoms with Gasteiger partial charge in [-0.05, 0) is 30.3 Å². The van der Waals surface area contributed by atoms with Crippen LogP contribution in [0, 0.1) is 24.6 Å². The Balaban J connectivity index is 0.000000254. The summed E-state index contributed by atoms with van der Waals surface area (Å²) < 4.78 is 25.8. The number of hydrogen-bond acceptors (Lipinski definition) is 3. The first-order valence-electron chi connectivity index (χ1n) is 6.92. The molecule has 0 saturated heterocycles. The minimum absolute atomic E-state index is 0. The van der Waals surface area contributed by atoms with Crippen molar-refractivity contribution < 1.29 is 38.8 Å². The summed E-state index contributed by atoms with van der Waals surface area (Å²) in [7, 11) is 0. The molecular weight excluding hydrogens is 506 g/mol. The fourth-order valence-corrected chi connectivity index (χ4v) is 1.86. The van der Waals surface area contributed by atoms with Gasteiger partial charge in [-0.3, -0.25) is 8.78 Å². The topological polar surface area (TPSA) is 63.1 Å². The molecule has 131 valence electrons. The molecule has 0 unspecified atom stereocenters. The van der Waals surface area contributed by atoms with Crippen molar-refractivity contribution >= 4 is 5.97 Å². The van der Waals surface area contributed by atoms with Crippen LogP contribution in [-0.2, 0) is 20.1 Å². The monoisotopic (exact) mass is 520 g/mol. The summed E-state index contributed by atoms with van der Waals surface area (Å²) in [5, 5.41) is 8.50. The molecule has 2 aromatic heterocycles. The first kappa shape index (κ1) is 20.5. The van der Waals surface area contributed by atoms with E-state index in [1.54, 1.807) is 43.5 Å². The third-order valence-electron chi connectivity index (χ3n) is 2.99. The molecular formula is C18H13F2IrN2O2-. The van der Waals surface area contributed by atoms with E-state index >= 15 is 0 Å². The van der Waals surface area contributed by atoms with E-state index in [2.05, 4.69) is 16.0 Å². The quantitative estimate of drug-likeness (QED) is 0.522. The number of nitrogens with zero attached hydrogens (tertiary/aromatic N) is 2. The molecule has 1 radical (unpaired) electrons. The van der Waals surface area contributed by atoms with Gasteiger partial charge in [0.1, 0.15) is 0 Å². The van der Waals surface area contributed by atoms with Crippen LogP contribution in [0.4, 0.5) is 8.78 Å². The molecule has 0 bridgehead atoms. The number of benzene rings is 1. The second kappa shape index (κ2) is 9.71. The third kappa shape index (κ3) is 5.81. The predicted octanol–water partition coefficient (Wildman–Crippen LogP) is 3.91. The van der Waals surface area contributed by atoms with Crippen LogP contribution in [-0.4, -0.2) is 21.0 Å². The zero-order valence-electron chi connectivity index (χ0n) is 13.0. The second-order valence-electron chi connectivity index (χ2n) is 4.73. The van der Waals surface area contributed by atoms with Gasteiger partial charge in [-0.25, -0.2) is 9.78 Å². The Bertz CT molecular complexity index is 845. The maximum Gasteiger partial charge on any atom is 0.354 e. The number of aromatic carboxylic acids is 1. The van der Waals surface area contributed by atoms with Crippen LogP contribution < -0.4 is 0 Å². The molecule has 0 aliphatic heterocycles. The van der Waals surface area contributed by atoms with Gasteiger partial charge in [-0.15, -0.1) is 12.1 Å². The smallest absolute Gasteiger partial charge is 0.354 e. The van der Waals surface area contributed by atoms with E-state index < -0.39 is 17.6 Å². The Kier molecular flexibility index (Phi) is 7.98. The Morgan fingerprint density at radius 3 is 2.36 bits per heavy atom. The van der Waals surface area contributed by atoms with E-state index in [0.29, 0.717) is 11.3 Å². The number of hydrogen-bond donors (Lipinski definition) is 1. The van der Waals surface area contributed by atoms with Crippen LogP contribution in [0.25, 0.3) is 11.3 Å². The number of aryl methyl sites for hydroxylation is 1. The van der Waals surface area contributed by atoms with Crippen molar-refractivity contribution in [2.45, 2.75) is 6.92 Å². The Morgan fingerprint density at radius 2 is 1.84 bits per heavy atom. The molecule has 3 aromatic rings. The maximum atomic E-state index is 13.2. The van der Waals surface area contributed by atoms with Gasteiger partial charge in [0.2, 0.25) is 0 Å². The minimum Gasteiger partial charge on any atom is -0.477 e. The van der Waals surface area contributed by atoms with Crippen LogP contribution in [0.2, 0.25) is 0 Å².